The molecule has 18 heavy (non-hydrogen) atoms. The summed E-state index contributed by atoms with van der Waals surface area (Å²) in [7, 11) is 0. The molecule has 0 amide bonds. The summed E-state index contributed by atoms with van der Waals surface area (Å²) in [4.78, 5) is 0. The number of alkyl halides is 3. The van der Waals surface area contributed by atoms with E-state index in [1.807, 2.05) is 0 Å². The Balaban J connectivity index is 2.23. The summed E-state index contributed by atoms with van der Waals surface area (Å²) < 4.78 is 40.2. The lowest BCUT2D eigenvalue weighted by Gasteiger charge is -2.26. The highest BCUT2D eigenvalue weighted by Gasteiger charge is 2.33. The molecule has 0 aromatic heterocycles. The van der Waals surface area contributed by atoms with Crippen LogP contribution in [0.3, 0.4) is 0 Å². The molecule has 1 aromatic rings. The van der Waals surface area contributed by atoms with E-state index in [4.69, 9.17) is 0 Å². The van der Waals surface area contributed by atoms with Crippen LogP contribution in [0.2, 0.25) is 0 Å². The second-order valence-electron chi connectivity index (χ2n) is 3.95. The molecule has 1 aromatic carbocycles. The predicted molar refractivity (Wildman–Crippen MR) is 58.4 cm³/mol. The lowest BCUT2D eigenvalue weighted by molar-refractivity contribution is -0.275. The van der Waals surface area contributed by atoms with Crippen molar-refractivity contribution < 1.29 is 23.0 Å². The third-order valence-corrected chi connectivity index (χ3v) is 2.67. The highest BCUT2D eigenvalue weighted by Crippen LogP contribution is 2.36. The molecule has 0 bridgehead atoms. The van der Waals surface area contributed by atoms with Crippen LogP contribution >= 0.6 is 0 Å². The van der Waals surface area contributed by atoms with E-state index in [-0.39, 0.29) is 6.04 Å². The first-order valence-electron chi connectivity index (χ1n) is 5.49. The standard InChI is InChI=1S/C11H13F3N2O2/c12-11(13,14)18-9-3-1-2-7(10(9)17)8-6-15-4-5-16-8/h1-3,8,15-17H,4-6H2/t8-/m1/s1. The molecule has 0 aliphatic carbocycles. The molecule has 1 heterocycles. The fourth-order valence-electron chi connectivity index (χ4n) is 1.90. The molecule has 7 heteroatoms. The van der Waals surface area contributed by atoms with E-state index in [0.29, 0.717) is 18.7 Å². The van der Waals surface area contributed by atoms with Gasteiger partial charge in [0.1, 0.15) is 0 Å². The number of piperazine rings is 1. The van der Waals surface area contributed by atoms with Gasteiger partial charge in [-0.25, -0.2) is 0 Å². The fraction of sp³-hybridized carbons (Fsp3) is 0.455. The topological polar surface area (TPSA) is 53.5 Å². The van der Waals surface area contributed by atoms with E-state index in [1.165, 1.54) is 6.07 Å². The molecule has 2 rings (SSSR count). The molecule has 1 saturated heterocycles. The minimum Gasteiger partial charge on any atom is -0.504 e. The fourth-order valence-corrected chi connectivity index (χ4v) is 1.90. The van der Waals surface area contributed by atoms with Gasteiger partial charge >= 0.3 is 6.36 Å². The Morgan fingerprint density at radius 2 is 2.06 bits per heavy atom. The molecule has 4 nitrogen and oxygen atoms in total. The van der Waals surface area contributed by atoms with E-state index in [1.54, 1.807) is 6.07 Å². The van der Waals surface area contributed by atoms with Crippen molar-refractivity contribution in [2.45, 2.75) is 12.4 Å². The van der Waals surface area contributed by atoms with Crippen LogP contribution in [-0.4, -0.2) is 31.1 Å². The minimum absolute atomic E-state index is 0.226. The summed E-state index contributed by atoms with van der Waals surface area (Å²) in [6, 6.07) is 3.86. The number of hydrogen-bond donors (Lipinski definition) is 3. The Labute approximate surface area is 102 Å². The zero-order chi connectivity index (χ0) is 13.2. The first-order chi connectivity index (χ1) is 8.47. The quantitative estimate of drug-likeness (QED) is 0.756. The van der Waals surface area contributed by atoms with Gasteiger partial charge in [-0.05, 0) is 6.07 Å². The summed E-state index contributed by atoms with van der Waals surface area (Å²) >= 11 is 0. The summed E-state index contributed by atoms with van der Waals surface area (Å²) in [5.74, 6) is -1.05. The van der Waals surface area contributed by atoms with E-state index >= 15 is 0 Å². The van der Waals surface area contributed by atoms with Gasteiger partial charge in [0, 0.05) is 31.2 Å². The number of rotatable bonds is 2. The third kappa shape index (κ3) is 3.05. The predicted octanol–water partition coefficient (Wildman–Crippen LogP) is 1.52. The van der Waals surface area contributed by atoms with Crippen LogP contribution in [-0.2, 0) is 0 Å². The SMILES string of the molecule is Oc1c(OC(F)(F)F)cccc1[C@H]1CNCCN1. The number of phenols is 1. The van der Waals surface area contributed by atoms with Gasteiger partial charge in [0.25, 0.3) is 0 Å². The van der Waals surface area contributed by atoms with Gasteiger partial charge in [-0.2, -0.15) is 0 Å². The third-order valence-electron chi connectivity index (χ3n) is 2.67. The number of benzene rings is 1. The smallest absolute Gasteiger partial charge is 0.504 e. The van der Waals surface area contributed by atoms with E-state index in [2.05, 4.69) is 15.4 Å². The van der Waals surface area contributed by atoms with Crippen molar-refractivity contribution in [2.75, 3.05) is 19.6 Å². The van der Waals surface area contributed by atoms with Crippen molar-refractivity contribution >= 4 is 0 Å². The van der Waals surface area contributed by atoms with Crippen LogP contribution < -0.4 is 15.4 Å². The van der Waals surface area contributed by atoms with Crippen LogP contribution in [0, 0.1) is 0 Å². The molecule has 1 atom stereocenters. The van der Waals surface area contributed by atoms with Crippen molar-refractivity contribution in [1.82, 2.24) is 10.6 Å². The molecular weight excluding hydrogens is 249 g/mol. The zero-order valence-corrected chi connectivity index (χ0v) is 9.42. The molecule has 3 N–H and O–H groups in total. The average molecular weight is 262 g/mol. The van der Waals surface area contributed by atoms with Crippen LogP contribution in [0.1, 0.15) is 11.6 Å². The molecule has 0 saturated carbocycles. The van der Waals surface area contributed by atoms with Gasteiger partial charge in [0.05, 0.1) is 0 Å². The lowest BCUT2D eigenvalue weighted by atomic mass is 10.0. The summed E-state index contributed by atoms with van der Waals surface area (Å²) in [6.45, 7) is 2.02. The zero-order valence-electron chi connectivity index (χ0n) is 9.42. The van der Waals surface area contributed by atoms with Gasteiger partial charge in [0.2, 0.25) is 0 Å². The van der Waals surface area contributed by atoms with Gasteiger partial charge < -0.3 is 20.5 Å². The van der Waals surface area contributed by atoms with Crippen molar-refractivity contribution in [1.29, 1.82) is 0 Å². The van der Waals surface area contributed by atoms with E-state index in [9.17, 15) is 18.3 Å². The van der Waals surface area contributed by atoms with Gasteiger partial charge in [-0.1, -0.05) is 12.1 Å². The first kappa shape index (κ1) is 13.0. The van der Waals surface area contributed by atoms with Crippen LogP contribution in [0.15, 0.2) is 18.2 Å². The van der Waals surface area contributed by atoms with Crippen molar-refractivity contribution in [3.63, 3.8) is 0 Å². The van der Waals surface area contributed by atoms with E-state index < -0.39 is 17.9 Å². The molecule has 1 aliphatic rings. The van der Waals surface area contributed by atoms with E-state index in [0.717, 1.165) is 12.6 Å². The van der Waals surface area contributed by atoms with Crippen molar-refractivity contribution in [2.24, 2.45) is 0 Å². The number of hydrogen-bond acceptors (Lipinski definition) is 4. The number of halogens is 3. The number of para-hydroxylation sites is 1. The monoisotopic (exact) mass is 262 g/mol. The Bertz CT molecular complexity index is 417. The van der Waals surface area contributed by atoms with Crippen LogP contribution in [0.4, 0.5) is 13.2 Å². The van der Waals surface area contributed by atoms with Gasteiger partial charge in [-0.3, -0.25) is 0 Å². The highest BCUT2D eigenvalue weighted by molar-refractivity contribution is 5.47. The number of phenolic OH excluding ortho intramolecular Hbond substituents is 1. The maximum absolute atomic E-state index is 12.1. The van der Waals surface area contributed by atoms with Crippen molar-refractivity contribution in [3.8, 4) is 11.5 Å². The largest absolute Gasteiger partial charge is 0.573 e. The Kier molecular flexibility index (Phi) is 3.63. The summed E-state index contributed by atoms with van der Waals surface area (Å²) in [5.41, 5.74) is 0.393. The lowest BCUT2D eigenvalue weighted by Crippen LogP contribution is -2.42. The first-order valence-corrected chi connectivity index (χ1v) is 5.49. The molecule has 0 radical (unpaired) electrons. The van der Waals surface area contributed by atoms with Gasteiger partial charge in [-0.15, -0.1) is 13.2 Å². The molecule has 0 unspecified atom stereocenters. The minimum atomic E-state index is -4.81. The molecule has 1 fully saturated rings. The maximum atomic E-state index is 12.1. The maximum Gasteiger partial charge on any atom is 0.573 e. The second-order valence-corrected chi connectivity index (χ2v) is 3.95. The van der Waals surface area contributed by atoms with Crippen molar-refractivity contribution in [3.05, 3.63) is 23.8 Å². The summed E-state index contributed by atoms with van der Waals surface area (Å²) in [5, 5.41) is 16.0. The summed E-state index contributed by atoms with van der Waals surface area (Å²) in [6.07, 6.45) is -4.81. The molecular formula is C11H13F3N2O2. The molecule has 0 spiro atoms. The molecule has 1 aliphatic heterocycles. The normalized spacial score (nSPS) is 20.7. The number of ether oxygens (including phenoxy) is 1. The molecule has 100 valence electrons. The Hall–Kier alpha value is -1.47. The number of aromatic hydroxyl groups is 1. The average Bonchev–Trinajstić information content (AvgIpc) is 2.31. The van der Waals surface area contributed by atoms with Gasteiger partial charge in [0.15, 0.2) is 11.5 Å². The highest BCUT2D eigenvalue weighted by atomic mass is 19.4. The van der Waals surface area contributed by atoms with Crippen LogP contribution in [0.25, 0.3) is 0 Å². The second kappa shape index (κ2) is 5.03. The number of nitrogens with one attached hydrogen (secondary N) is 2. The van der Waals surface area contributed by atoms with Crippen LogP contribution in [0.5, 0.6) is 11.5 Å². The Morgan fingerprint density at radius 1 is 1.28 bits per heavy atom. The Morgan fingerprint density at radius 3 is 2.67 bits per heavy atom.